The number of hydrogen-bond acceptors (Lipinski definition) is 2. The number of aliphatic hydroxyl groups excluding tert-OH is 1. The fourth-order valence-corrected chi connectivity index (χ4v) is 1.32. The summed E-state index contributed by atoms with van der Waals surface area (Å²) in [5.74, 6) is 0. The van der Waals surface area contributed by atoms with Crippen molar-refractivity contribution in [3.05, 3.63) is 41.5 Å². The second kappa shape index (κ2) is 7.21. The minimum Gasteiger partial charge on any atom is -0.395 e. The summed E-state index contributed by atoms with van der Waals surface area (Å²) in [5.41, 5.74) is 2.59. The molecule has 0 aliphatic rings. The minimum absolute atomic E-state index is 0.193. The highest BCUT2D eigenvalue weighted by Crippen LogP contribution is 2.06. The summed E-state index contributed by atoms with van der Waals surface area (Å²) in [5, 5.41) is 11.6. The van der Waals surface area contributed by atoms with Crippen LogP contribution in [0, 0.1) is 0 Å². The van der Waals surface area contributed by atoms with Gasteiger partial charge < -0.3 is 10.4 Å². The predicted molar refractivity (Wildman–Crippen MR) is 64.8 cm³/mol. The summed E-state index contributed by atoms with van der Waals surface area (Å²) in [4.78, 5) is 0. The molecular weight excluding hydrogens is 186 g/mol. The Morgan fingerprint density at radius 1 is 1.27 bits per heavy atom. The fourth-order valence-electron chi connectivity index (χ4n) is 1.32. The van der Waals surface area contributed by atoms with E-state index in [9.17, 15) is 0 Å². The molecule has 0 aliphatic carbocycles. The Labute approximate surface area is 91.6 Å². The second-order valence-corrected chi connectivity index (χ2v) is 3.43. The zero-order valence-electron chi connectivity index (χ0n) is 9.24. The number of rotatable bonds is 6. The molecule has 0 atom stereocenters. The van der Waals surface area contributed by atoms with E-state index < -0.39 is 0 Å². The van der Waals surface area contributed by atoms with Crippen LogP contribution in [0.25, 0.3) is 6.08 Å². The van der Waals surface area contributed by atoms with E-state index in [2.05, 4.69) is 48.7 Å². The summed E-state index contributed by atoms with van der Waals surface area (Å²) in [7, 11) is 0. The maximum absolute atomic E-state index is 8.55. The lowest BCUT2D eigenvalue weighted by atomic mass is 10.1. The first-order chi connectivity index (χ1) is 7.36. The lowest BCUT2D eigenvalue weighted by Gasteiger charge is -1.98. The lowest BCUT2D eigenvalue weighted by Crippen LogP contribution is -2.17. The first-order valence-corrected chi connectivity index (χ1v) is 5.44. The van der Waals surface area contributed by atoms with Crippen molar-refractivity contribution in [3.8, 4) is 0 Å². The van der Waals surface area contributed by atoms with Gasteiger partial charge in [0.1, 0.15) is 0 Å². The molecule has 0 radical (unpaired) electrons. The van der Waals surface area contributed by atoms with Crippen LogP contribution in [-0.2, 0) is 6.42 Å². The summed E-state index contributed by atoms with van der Waals surface area (Å²) >= 11 is 0. The van der Waals surface area contributed by atoms with Gasteiger partial charge in [-0.2, -0.15) is 0 Å². The van der Waals surface area contributed by atoms with Gasteiger partial charge >= 0.3 is 0 Å². The van der Waals surface area contributed by atoms with E-state index in [1.165, 1.54) is 11.1 Å². The van der Waals surface area contributed by atoms with Crippen molar-refractivity contribution in [2.45, 2.75) is 13.3 Å². The van der Waals surface area contributed by atoms with Gasteiger partial charge in [-0.15, -0.1) is 0 Å². The summed E-state index contributed by atoms with van der Waals surface area (Å²) < 4.78 is 0. The molecule has 2 heteroatoms. The van der Waals surface area contributed by atoms with Crippen LogP contribution in [0.2, 0.25) is 0 Å². The van der Waals surface area contributed by atoms with E-state index in [-0.39, 0.29) is 6.61 Å². The smallest absolute Gasteiger partial charge is 0.0556 e. The third-order valence-electron chi connectivity index (χ3n) is 2.25. The first-order valence-electron chi connectivity index (χ1n) is 5.44. The van der Waals surface area contributed by atoms with Crippen LogP contribution >= 0.6 is 0 Å². The molecule has 15 heavy (non-hydrogen) atoms. The van der Waals surface area contributed by atoms with Crippen molar-refractivity contribution in [2.75, 3.05) is 19.7 Å². The van der Waals surface area contributed by atoms with E-state index in [1.807, 2.05) is 0 Å². The van der Waals surface area contributed by atoms with E-state index in [0.717, 1.165) is 13.0 Å². The largest absolute Gasteiger partial charge is 0.395 e. The van der Waals surface area contributed by atoms with Crippen LogP contribution in [0.1, 0.15) is 18.1 Å². The highest BCUT2D eigenvalue weighted by atomic mass is 16.3. The van der Waals surface area contributed by atoms with E-state index in [4.69, 9.17) is 5.11 Å². The Hall–Kier alpha value is -1.12. The summed E-state index contributed by atoms with van der Waals surface area (Å²) in [6, 6.07) is 8.56. The molecule has 0 amide bonds. The van der Waals surface area contributed by atoms with E-state index in [0.29, 0.717) is 6.54 Å². The predicted octanol–water partition coefficient (Wildman–Crippen LogP) is 1.84. The van der Waals surface area contributed by atoms with Gasteiger partial charge in [0.15, 0.2) is 0 Å². The van der Waals surface area contributed by atoms with Gasteiger partial charge in [0, 0.05) is 13.1 Å². The van der Waals surface area contributed by atoms with Crippen molar-refractivity contribution < 1.29 is 5.11 Å². The van der Waals surface area contributed by atoms with E-state index >= 15 is 0 Å². The van der Waals surface area contributed by atoms with Crippen molar-refractivity contribution in [3.63, 3.8) is 0 Å². The molecule has 0 bridgehead atoms. The molecule has 0 spiro atoms. The van der Waals surface area contributed by atoms with Gasteiger partial charge in [-0.05, 0) is 17.5 Å². The van der Waals surface area contributed by atoms with Crippen molar-refractivity contribution >= 4 is 6.08 Å². The molecule has 0 saturated carbocycles. The van der Waals surface area contributed by atoms with Crippen LogP contribution in [-0.4, -0.2) is 24.8 Å². The van der Waals surface area contributed by atoms with Crippen LogP contribution in [0.3, 0.4) is 0 Å². The third kappa shape index (κ3) is 4.77. The van der Waals surface area contributed by atoms with Crippen LogP contribution in [0.4, 0.5) is 0 Å². The quantitative estimate of drug-likeness (QED) is 0.695. The minimum atomic E-state index is 0.193. The number of benzene rings is 1. The first kappa shape index (κ1) is 12.0. The highest BCUT2D eigenvalue weighted by molar-refractivity contribution is 5.49. The fraction of sp³-hybridized carbons (Fsp3) is 0.385. The molecule has 0 aromatic heterocycles. The van der Waals surface area contributed by atoms with Crippen LogP contribution in [0.15, 0.2) is 30.3 Å². The van der Waals surface area contributed by atoms with Gasteiger partial charge in [0.25, 0.3) is 0 Å². The molecule has 1 rings (SSSR count). The average molecular weight is 205 g/mol. The standard InChI is InChI=1S/C13H19NO/c1-2-12-5-7-13(8-6-12)4-3-9-14-10-11-15/h3-8,14-15H,2,9-11H2,1H3/b4-3+. The monoisotopic (exact) mass is 205 g/mol. The molecule has 0 unspecified atom stereocenters. The molecule has 2 nitrogen and oxygen atoms in total. The normalized spacial score (nSPS) is 11.1. The van der Waals surface area contributed by atoms with Crippen molar-refractivity contribution in [1.82, 2.24) is 5.32 Å². The van der Waals surface area contributed by atoms with Gasteiger partial charge in [0.05, 0.1) is 6.61 Å². The van der Waals surface area contributed by atoms with Crippen LogP contribution in [0.5, 0.6) is 0 Å². The molecule has 2 N–H and O–H groups in total. The maximum atomic E-state index is 8.55. The van der Waals surface area contributed by atoms with Gasteiger partial charge in [0.2, 0.25) is 0 Å². The lowest BCUT2D eigenvalue weighted by molar-refractivity contribution is 0.294. The maximum Gasteiger partial charge on any atom is 0.0556 e. The molecule has 0 heterocycles. The van der Waals surface area contributed by atoms with Gasteiger partial charge in [-0.25, -0.2) is 0 Å². The Kier molecular flexibility index (Phi) is 5.74. The molecule has 0 aliphatic heterocycles. The molecule has 0 fully saturated rings. The topological polar surface area (TPSA) is 32.3 Å². The molecule has 1 aromatic carbocycles. The average Bonchev–Trinajstić information content (AvgIpc) is 2.30. The number of aliphatic hydroxyl groups is 1. The Bertz CT molecular complexity index is 290. The summed E-state index contributed by atoms with van der Waals surface area (Å²) in [6.07, 6.45) is 5.24. The SMILES string of the molecule is CCc1ccc(/C=C/CNCCO)cc1. The zero-order chi connectivity index (χ0) is 10.9. The third-order valence-corrected chi connectivity index (χ3v) is 2.25. The van der Waals surface area contributed by atoms with E-state index in [1.54, 1.807) is 0 Å². The highest BCUT2D eigenvalue weighted by Gasteiger charge is 1.88. The molecule has 0 saturated heterocycles. The van der Waals surface area contributed by atoms with Gasteiger partial charge in [-0.3, -0.25) is 0 Å². The molecular formula is C13H19NO. The van der Waals surface area contributed by atoms with Gasteiger partial charge in [-0.1, -0.05) is 43.3 Å². The van der Waals surface area contributed by atoms with Crippen molar-refractivity contribution in [2.24, 2.45) is 0 Å². The Morgan fingerprint density at radius 3 is 2.60 bits per heavy atom. The summed E-state index contributed by atoms with van der Waals surface area (Å²) in [6.45, 7) is 3.80. The number of nitrogens with one attached hydrogen (secondary N) is 1. The second-order valence-electron chi connectivity index (χ2n) is 3.43. The molecule has 1 aromatic rings. The van der Waals surface area contributed by atoms with Crippen molar-refractivity contribution in [1.29, 1.82) is 0 Å². The molecule has 82 valence electrons. The number of aryl methyl sites for hydroxylation is 1. The number of hydrogen-bond donors (Lipinski definition) is 2. The van der Waals surface area contributed by atoms with Crippen LogP contribution < -0.4 is 5.32 Å². The zero-order valence-corrected chi connectivity index (χ0v) is 9.24. The Balaban J connectivity index is 2.36. The Morgan fingerprint density at radius 2 is 2.00 bits per heavy atom.